The van der Waals surface area contributed by atoms with Crippen molar-refractivity contribution in [3.8, 4) is 22.6 Å². The Hall–Kier alpha value is -4.73. The van der Waals surface area contributed by atoms with E-state index in [1.54, 1.807) is 24.3 Å². The molecule has 15 heteroatoms. The molecule has 0 aliphatic carbocycles. The summed E-state index contributed by atoms with van der Waals surface area (Å²) in [5, 5.41) is 8.11. The predicted molar refractivity (Wildman–Crippen MR) is 204 cm³/mol. The topological polar surface area (TPSA) is 168 Å². The third-order valence-corrected chi connectivity index (χ3v) is 8.63. The third kappa shape index (κ3) is 12.7. The largest absolute Gasteiger partial charge is 0.492 e. The Balaban J connectivity index is 2.30. The molecule has 0 spiro atoms. The Morgan fingerprint density at radius 3 is 2.00 bits per heavy atom. The van der Waals surface area contributed by atoms with Crippen LogP contribution in [-0.4, -0.2) is 144 Å². The van der Waals surface area contributed by atoms with E-state index >= 15 is 0 Å². The number of rotatable bonds is 16. The monoisotopic (exact) mass is 754 g/mol. The molecule has 2 aromatic carbocycles. The van der Waals surface area contributed by atoms with Gasteiger partial charge < -0.3 is 49.6 Å². The number of amides is 4. The summed E-state index contributed by atoms with van der Waals surface area (Å²) in [6, 6.07) is 6.12. The molecule has 0 saturated carbocycles. The molecule has 0 saturated heterocycles. The van der Waals surface area contributed by atoms with Crippen molar-refractivity contribution in [2.75, 3.05) is 81.9 Å². The molecule has 1 aliphatic rings. The first kappa shape index (κ1) is 43.7. The zero-order chi connectivity index (χ0) is 40.1. The van der Waals surface area contributed by atoms with Crippen LogP contribution in [0.5, 0.6) is 11.5 Å². The van der Waals surface area contributed by atoms with Crippen LogP contribution in [0.25, 0.3) is 11.1 Å². The molecule has 3 rings (SSSR count). The number of benzene rings is 2. The van der Waals surface area contributed by atoms with E-state index in [-0.39, 0.29) is 18.9 Å². The smallest absolute Gasteiger partial charge is 0.328 e. The third-order valence-electron chi connectivity index (χ3n) is 8.63. The molecule has 3 N–H and O–H groups in total. The summed E-state index contributed by atoms with van der Waals surface area (Å²) < 4.78 is 23.4. The molecule has 15 nitrogen and oxygen atoms in total. The number of carbonyl (C=O) groups excluding carboxylic acids is 5. The first-order chi connectivity index (χ1) is 25.5. The minimum Gasteiger partial charge on any atom is -0.492 e. The van der Waals surface area contributed by atoms with Gasteiger partial charge in [-0.2, -0.15) is 0 Å². The van der Waals surface area contributed by atoms with Crippen molar-refractivity contribution < 1.29 is 42.9 Å². The molecule has 4 bridgehead atoms. The van der Waals surface area contributed by atoms with Crippen molar-refractivity contribution in [1.29, 1.82) is 0 Å². The second-order valence-electron chi connectivity index (χ2n) is 14.4. The molecule has 4 atom stereocenters. The average Bonchev–Trinajstić information content (AvgIpc) is 3.10. The van der Waals surface area contributed by atoms with Crippen molar-refractivity contribution in [2.45, 2.75) is 58.3 Å². The lowest BCUT2D eigenvalue weighted by Gasteiger charge is -2.32. The zero-order valence-corrected chi connectivity index (χ0v) is 33.3. The molecule has 0 fully saturated rings. The molecule has 0 aromatic heterocycles. The number of hydrogen-bond acceptors (Lipinski definition) is 11. The summed E-state index contributed by atoms with van der Waals surface area (Å²) in [7, 11) is 10.5. The Morgan fingerprint density at radius 1 is 0.852 bits per heavy atom. The van der Waals surface area contributed by atoms with Crippen molar-refractivity contribution in [2.24, 2.45) is 5.92 Å². The normalized spacial score (nSPS) is 18.0. The van der Waals surface area contributed by atoms with E-state index < -0.39 is 53.8 Å². The lowest BCUT2D eigenvalue weighted by atomic mass is 9.93. The number of hydrogen-bond donors (Lipinski definition) is 3. The van der Waals surface area contributed by atoms with Gasteiger partial charge in [0.05, 0.1) is 13.7 Å². The van der Waals surface area contributed by atoms with Crippen LogP contribution in [0.15, 0.2) is 36.4 Å². The molecule has 1 aliphatic heterocycles. The number of methoxy groups -OCH3 is 1. The van der Waals surface area contributed by atoms with Gasteiger partial charge >= 0.3 is 5.97 Å². The Morgan fingerprint density at radius 2 is 1.44 bits per heavy atom. The van der Waals surface area contributed by atoms with E-state index in [2.05, 4.69) is 16.0 Å². The molecule has 0 unspecified atom stereocenters. The van der Waals surface area contributed by atoms with Gasteiger partial charge in [-0.25, -0.2) is 4.79 Å². The van der Waals surface area contributed by atoms with Gasteiger partial charge in [0.2, 0.25) is 23.6 Å². The van der Waals surface area contributed by atoms with Gasteiger partial charge in [0.1, 0.15) is 48.9 Å². The van der Waals surface area contributed by atoms with Crippen LogP contribution in [-0.2, 0) is 39.9 Å². The van der Waals surface area contributed by atoms with Gasteiger partial charge in [-0.05, 0) is 76.4 Å². The predicted octanol–water partition coefficient (Wildman–Crippen LogP) is 1.63. The number of carbonyl (C=O) groups is 5. The lowest BCUT2D eigenvalue weighted by molar-refractivity contribution is -0.146. The van der Waals surface area contributed by atoms with Gasteiger partial charge in [-0.15, -0.1) is 0 Å². The first-order valence-corrected chi connectivity index (χ1v) is 18.1. The summed E-state index contributed by atoms with van der Waals surface area (Å²) >= 11 is 0. The molecule has 1 heterocycles. The van der Waals surface area contributed by atoms with Crippen LogP contribution in [0.2, 0.25) is 0 Å². The summed E-state index contributed by atoms with van der Waals surface area (Å²) in [4.78, 5) is 72.4. The molecule has 298 valence electrons. The number of nitrogens with zero attached hydrogens (tertiary/aromatic N) is 3. The molecule has 54 heavy (non-hydrogen) atoms. The van der Waals surface area contributed by atoms with Crippen LogP contribution in [0.1, 0.15) is 44.9 Å². The van der Waals surface area contributed by atoms with Crippen molar-refractivity contribution in [1.82, 2.24) is 30.7 Å². The Kier molecular flexibility index (Phi) is 16.7. The van der Waals surface area contributed by atoms with E-state index in [0.717, 1.165) is 0 Å². The fraction of sp³-hybridized carbons (Fsp3) is 0.564. The molecule has 0 radical (unpaired) electrons. The maximum Gasteiger partial charge on any atom is 0.328 e. The molecule has 2 aromatic rings. The van der Waals surface area contributed by atoms with Gasteiger partial charge in [0, 0.05) is 51.2 Å². The fourth-order valence-electron chi connectivity index (χ4n) is 5.76. The SMILES string of the molecule is COC(=O)[C@@H]1Cc2ccc(OCCN(C)C)c(c2)-c2cc(ccc2OCCN(C)C)[C@H](N(C)C(=O)[C@H](COCC(C)C)NC(C)=O)C(=O)N[C@@H](C)C(=O)N1. The summed E-state index contributed by atoms with van der Waals surface area (Å²) in [5.41, 5.74) is 2.29. The number of nitrogens with one attached hydrogen (secondary N) is 3. The standard InChI is InChI=1S/C39H58N6O9/c1-24(2)22-52-23-32(41-26(4)46)38(49)45(9)35-28-12-14-34(54-18-16-44(7)8)30(21-28)29-19-27(11-13-33(29)53-17-15-43(5)6)20-31(39(50)51-10)42-36(47)25(3)40-37(35)48/h11-14,19,21,24-25,31-32,35H,15-18,20,22-23H2,1-10H3,(H,40,48)(H,41,46)(H,42,47)/t25-,31-,32-,35-/m0/s1. The molecule has 4 amide bonds. The summed E-state index contributed by atoms with van der Waals surface area (Å²) in [6.45, 7) is 8.91. The zero-order valence-electron chi connectivity index (χ0n) is 33.3. The van der Waals surface area contributed by atoms with Crippen molar-refractivity contribution in [3.05, 3.63) is 47.5 Å². The average molecular weight is 755 g/mol. The van der Waals surface area contributed by atoms with Gasteiger partial charge in [-0.3, -0.25) is 19.2 Å². The number of likely N-dealkylation sites (N-methyl/N-ethyl adjacent to an activating group) is 3. The highest BCUT2D eigenvalue weighted by atomic mass is 16.5. The van der Waals surface area contributed by atoms with E-state index in [9.17, 15) is 24.0 Å². The maximum absolute atomic E-state index is 14.3. The Labute approximate surface area is 319 Å². The van der Waals surface area contributed by atoms with Gasteiger partial charge in [-0.1, -0.05) is 26.0 Å². The fourth-order valence-corrected chi connectivity index (χ4v) is 5.76. The van der Waals surface area contributed by atoms with E-state index in [0.29, 0.717) is 66.7 Å². The van der Waals surface area contributed by atoms with Crippen LogP contribution >= 0.6 is 0 Å². The summed E-state index contributed by atoms with van der Waals surface area (Å²) in [5.74, 6) is -1.79. The minimum absolute atomic E-state index is 0.0872. The maximum atomic E-state index is 14.3. The van der Waals surface area contributed by atoms with Crippen LogP contribution in [0.3, 0.4) is 0 Å². The van der Waals surface area contributed by atoms with Crippen LogP contribution < -0.4 is 25.4 Å². The second kappa shape index (κ2) is 20.7. The number of ether oxygens (including phenoxy) is 4. The quantitative estimate of drug-likeness (QED) is 0.213. The van der Waals surface area contributed by atoms with E-state index in [4.69, 9.17) is 18.9 Å². The van der Waals surface area contributed by atoms with Gasteiger partial charge in [0.25, 0.3) is 0 Å². The highest BCUT2D eigenvalue weighted by Gasteiger charge is 2.36. The minimum atomic E-state index is -1.29. The van der Waals surface area contributed by atoms with Crippen LogP contribution in [0.4, 0.5) is 0 Å². The Bertz CT molecular complexity index is 1610. The summed E-state index contributed by atoms with van der Waals surface area (Å²) in [6.07, 6.45) is 0.0872. The van der Waals surface area contributed by atoms with Crippen molar-refractivity contribution in [3.63, 3.8) is 0 Å². The number of esters is 1. The van der Waals surface area contributed by atoms with E-state index in [1.165, 1.54) is 32.9 Å². The lowest BCUT2D eigenvalue weighted by Crippen LogP contribution is -2.55. The van der Waals surface area contributed by atoms with Gasteiger partial charge in [0.15, 0.2) is 0 Å². The molecular formula is C39H58N6O9. The second-order valence-corrected chi connectivity index (χ2v) is 14.4. The van der Waals surface area contributed by atoms with Crippen molar-refractivity contribution >= 4 is 29.6 Å². The number of fused-ring (bicyclic) bond motifs is 5. The highest BCUT2D eigenvalue weighted by molar-refractivity contribution is 5.96. The van der Waals surface area contributed by atoms with E-state index in [1.807, 2.05) is 64.0 Å². The van der Waals surface area contributed by atoms with Crippen LogP contribution in [0, 0.1) is 5.92 Å². The highest BCUT2D eigenvalue weighted by Crippen LogP contribution is 2.40. The molecular weight excluding hydrogens is 696 g/mol. The first-order valence-electron chi connectivity index (χ1n) is 18.1.